The van der Waals surface area contributed by atoms with E-state index in [0.717, 1.165) is 5.92 Å². The molecule has 2 unspecified atom stereocenters. The molecular weight excluding hydrogens is 144 g/mol. The maximum atomic E-state index is 6.05. The van der Waals surface area contributed by atoms with Crippen LogP contribution in [0.25, 0.3) is 0 Å². The van der Waals surface area contributed by atoms with Gasteiger partial charge in [-0.25, -0.2) is 0 Å². The van der Waals surface area contributed by atoms with Crippen LogP contribution < -0.4 is 0 Å². The molecule has 0 rings (SSSR count). The van der Waals surface area contributed by atoms with Crippen LogP contribution in [-0.4, -0.2) is 5.38 Å². The lowest BCUT2D eigenvalue weighted by Crippen LogP contribution is -2.04. The first kappa shape index (κ1) is 10.3. The van der Waals surface area contributed by atoms with Crippen LogP contribution in [0.15, 0.2) is 0 Å². The Morgan fingerprint density at radius 1 is 1.30 bits per heavy atom. The van der Waals surface area contributed by atoms with E-state index < -0.39 is 0 Å². The van der Waals surface area contributed by atoms with E-state index in [1.54, 1.807) is 0 Å². The third kappa shape index (κ3) is 5.10. The Labute approximate surface area is 70.0 Å². The molecule has 0 fully saturated rings. The molecule has 0 aromatic rings. The van der Waals surface area contributed by atoms with E-state index in [9.17, 15) is 0 Å². The largest absolute Gasteiger partial charge is 0.123 e. The number of hydrogen-bond donors (Lipinski definition) is 0. The first-order chi connectivity index (χ1) is 4.70. The summed E-state index contributed by atoms with van der Waals surface area (Å²) in [6, 6.07) is 0. The summed E-state index contributed by atoms with van der Waals surface area (Å²) in [4.78, 5) is 0. The molecule has 10 heavy (non-hydrogen) atoms. The van der Waals surface area contributed by atoms with Crippen LogP contribution in [0.3, 0.4) is 0 Å². The summed E-state index contributed by atoms with van der Waals surface area (Å²) >= 11 is 6.05. The zero-order valence-corrected chi connectivity index (χ0v) is 8.12. The van der Waals surface area contributed by atoms with Crippen LogP contribution in [0.4, 0.5) is 0 Å². The molecule has 0 N–H and O–H groups in total. The van der Waals surface area contributed by atoms with Gasteiger partial charge >= 0.3 is 0 Å². The molecule has 2 atom stereocenters. The van der Waals surface area contributed by atoms with Gasteiger partial charge in [-0.2, -0.15) is 0 Å². The quantitative estimate of drug-likeness (QED) is 0.539. The minimum absolute atomic E-state index is 0.417. The van der Waals surface area contributed by atoms with E-state index in [2.05, 4.69) is 20.8 Å². The summed E-state index contributed by atoms with van der Waals surface area (Å²) in [5, 5.41) is 0.417. The molecule has 0 nitrogen and oxygen atoms in total. The van der Waals surface area contributed by atoms with Crippen LogP contribution in [0, 0.1) is 5.92 Å². The lowest BCUT2D eigenvalue weighted by Gasteiger charge is -2.12. The van der Waals surface area contributed by atoms with Crippen molar-refractivity contribution in [1.29, 1.82) is 0 Å². The SMILES string of the molecule is CCCC(Cl)CC(C)CC. The summed E-state index contributed by atoms with van der Waals surface area (Å²) < 4.78 is 0. The molecule has 0 radical (unpaired) electrons. The fourth-order valence-corrected chi connectivity index (χ4v) is 1.56. The van der Waals surface area contributed by atoms with E-state index in [-0.39, 0.29) is 0 Å². The third-order valence-electron chi connectivity index (χ3n) is 1.96. The number of rotatable bonds is 5. The number of alkyl halides is 1. The Morgan fingerprint density at radius 2 is 1.90 bits per heavy atom. The van der Waals surface area contributed by atoms with Gasteiger partial charge in [-0.3, -0.25) is 0 Å². The van der Waals surface area contributed by atoms with Crippen molar-refractivity contribution in [2.24, 2.45) is 5.92 Å². The second-order valence-electron chi connectivity index (χ2n) is 3.14. The van der Waals surface area contributed by atoms with E-state index in [4.69, 9.17) is 11.6 Å². The fraction of sp³-hybridized carbons (Fsp3) is 1.00. The Balaban J connectivity index is 3.27. The van der Waals surface area contributed by atoms with Crippen molar-refractivity contribution in [3.05, 3.63) is 0 Å². The van der Waals surface area contributed by atoms with Crippen molar-refractivity contribution in [3.63, 3.8) is 0 Å². The van der Waals surface area contributed by atoms with E-state index >= 15 is 0 Å². The summed E-state index contributed by atoms with van der Waals surface area (Å²) in [5.41, 5.74) is 0. The Bertz CT molecular complexity index is 71.1. The summed E-state index contributed by atoms with van der Waals surface area (Å²) in [6.07, 6.45) is 4.83. The monoisotopic (exact) mass is 162 g/mol. The third-order valence-corrected chi connectivity index (χ3v) is 2.35. The summed E-state index contributed by atoms with van der Waals surface area (Å²) in [7, 11) is 0. The maximum absolute atomic E-state index is 6.05. The van der Waals surface area contributed by atoms with Gasteiger partial charge in [-0.05, 0) is 18.8 Å². The molecule has 0 amide bonds. The van der Waals surface area contributed by atoms with Crippen molar-refractivity contribution in [2.75, 3.05) is 0 Å². The molecule has 0 saturated carbocycles. The van der Waals surface area contributed by atoms with Crippen molar-refractivity contribution < 1.29 is 0 Å². The van der Waals surface area contributed by atoms with Crippen molar-refractivity contribution >= 4 is 11.6 Å². The Hall–Kier alpha value is 0.290. The molecule has 0 spiro atoms. The van der Waals surface area contributed by atoms with Gasteiger partial charge in [0.2, 0.25) is 0 Å². The minimum atomic E-state index is 0.417. The highest BCUT2D eigenvalue weighted by molar-refractivity contribution is 6.20. The molecular formula is C9H19Cl. The van der Waals surface area contributed by atoms with E-state index in [0.29, 0.717) is 5.38 Å². The minimum Gasteiger partial charge on any atom is -0.123 e. The van der Waals surface area contributed by atoms with Crippen LogP contribution in [-0.2, 0) is 0 Å². The smallest absolute Gasteiger partial charge is 0.0338 e. The maximum Gasteiger partial charge on any atom is 0.0338 e. The van der Waals surface area contributed by atoms with Crippen LogP contribution in [0.1, 0.15) is 46.5 Å². The Kier molecular flexibility index (Phi) is 6.20. The molecule has 0 heterocycles. The highest BCUT2D eigenvalue weighted by atomic mass is 35.5. The van der Waals surface area contributed by atoms with Gasteiger partial charge in [0.05, 0.1) is 0 Å². The molecule has 0 aromatic heterocycles. The molecule has 0 aliphatic rings. The van der Waals surface area contributed by atoms with E-state index in [1.807, 2.05) is 0 Å². The van der Waals surface area contributed by atoms with Gasteiger partial charge in [-0.15, -0.1) is 11.6 Å². The molecule has 1 heteroatoms. The van der Waals surface area contributed by atoms with E-state index in [1.165, 1.54) is 25.7 Å². The Morgan fingerprint density at radius 3 is 2.30 bits per heavy atom. The number of halogens is 1. The topological polar surface area (TPSA) is 0 Å². The standard InChI is InChI=1S/C9H19Cl/c1-4-6-9(10)7-8(3)5-2/h8-9H,4-7H2,1-3H3. The lowest BCUT2D eigenvalue weighted by molar-refractivity contribution is 0.487. The molecule has 62 valence electrons. The molecule has 0 aliphatic heterocycles. The van der Waals surface area contributed by atoms with Crippen molar-refractivity contribution in [3.8, 4) is 0 Å². The average Bonchev–Trinajstić information content (AvgIpc) is 1.88. The summed E-state index contributed by atoms with van der Waals surface area (Å²) in [5.74, 6) is 0.800. The molecule has 0 bridgehead atoms. The van der Waals surface area contributed by atoms with Gasteiger partial charge in [0, 0.05) is 5.38 Å². The normalized spacial score (nSPS) is 16.8. The highest BCUT2D eigenvalue weighted by Crippen LogP contribution is 2.17. The molecule has 0 aliphatic carbocycles. The number of hydrogen-bond acceptors (Lipinski definition) is 0. The van der Waals surface area contributed by atoms with Gasteiger partial charge in [-0.1, -0.05) is 33.6 Å². The van der Waals surface area contributed by atoms with Gasteiger partial charge < -0.3 is 0 Å². The fourth-order valence-electron chi connectivity index (χ4n) is 1.03. The molecule has 0 saturated heterocycles. The van der Waals surface area contributed by atoms with Crippen molar-refractivity contribution in [2.45, 2.75) is 51.8 Å². The first-order valence-corrected chi connectivity index (χ1v) is 4.78. The van der Waals surface area contributed by atoms with Gasteiger partial charge in [0.15, 0.2) is 0 Å². The molecule has 0 aromatic carbocycles. The summed E-state index contributed by atoms with van der Waals surface area (Å²) in [6.45, 7) is 6.68. The predicted octanol–water partition coefficient (Wildman–Crippen LogP) is 3.83. The average molecular weight is 163 g/mol. The van der Waals surface area contributed by atoms with Crippen LogP contribution >= 0.6 is 11.6 Å². The van der Waals surface area contributed by atoms with Gasteiger partial charge in [0.1, 0.15) is 0 Å². The lowest BCUT2D eigenvalue weighted by atomic mass is 10.0. The van der Waals surface area contributed by atoms with Gasteiger partial charge in [0.25, 0.3) is 0 Å². The van der Waals surface area contributed by atoms with Crippen LogP contribution in [0.5, 0.6) is 0 Å². The zero-order chi connectivity index (χ0) is 7.98. The second-order valence-corrected chi connectivity index (χ2v) is 3.75. The zero-order valence-electron chi connectivity index (χ0n) is 7.36. The predicted molar refractivity (Wildman–Crippen MR) is 48.6 cm³/mol. The highest BCUT2D eigenvalue weighted by Gasteiger charge is 2.06. The second kappa shape index (κ2) is 6.03. The van der Waals surface area contributed by atoms with Crippen LogP contribution in [0.2, 0.25) is 0 Å². The first-order valence-electron chi connectivity index (χ1n) is 4.34. The van der Waals surface area contributed by atoms with Crippen molar-refractivity contribution in [1.82, 2.24) is 0 Å².